The van der Waals surface area contributed by atoms with Crippen molar-refractivity contribution >= 4 is 52.1 Å². The van der Waals surface area contributed by atoms with Crippen molar-refractivity contribution in [2.75, 3.05) is 24.4 Å². The van der Waals surface area contributed by atoms with E-state index in [1.54, 1.807) is 30.3 Å². The van der Waals surface area contributed by atoms with Crippen LogP contribution in [0.4, 0.5) is 11.4 Å². The molecule has 0 aliphatic heterocycles. The van der Waals surface area contributed by atoms with Crippen LogP contribution in [0.5, 0.6) is 11.5 Å². The molecular weight excluding hydrogens is 459 g/mol. The minimum atomic E-state index is -0.286. The van der Waals surface area contributed by atoms with Gasteiger partial charge in [0.1, 0.15) is 0 Å². The number of rotatable bonds is 8. The predicted molar refractivity (Wildman–Crippen MR) is 127 cm³/mol. The minimum Gasteiger partial charge on any atom is -0.493 e. The highest BCUT2D eigenvalue weighted by Crippen LogP contribution is 2.34. The largest absolute Gasteiger partial charge is 0.493 e. The molecule has 5 nitrogen and oxygen atoms in total. The van der Waals surface area contributed by atoms with Crippen molar-refractivity contribution in [2.24, 2.45) is 0 Å². The summed E-state index contributed by atoms with van der Waals surface area (Å²) in [6.45, 7) is 2.22. The smallest absolute Gasteiger partial charge is 0.262 e. The lowest BCUT2D eigenvalue weighted by atomic mass is 10.2. The van der Waals surface area contributed by atoms with Crippen molar-refractivity contribution in [3.63, 3.8) is 0 Å². The second kappa shape index (κ2) is 10.6. The number of amides is 1. The first-order chi connectivity index (χ1) is 14.8. The summed E-state index contributed by atoms with van der Waals surface area (Å²) in [4.78, 5) is 12.2. The summed E-state index contributed by atoms with van der Waals surface area (Å²) in [6, 6.07) is 16.1. The zero-order valence-electron chi connectivity index (χ0n) is 17.0. The van der Waals surface area contributed by atoms with Gasteiger partial charge in [-0.3, -0.25) is 4.79 Å². The zero-order chi connectivity index (χ0) is 22.4. The maximum Gasteiger partial charge on any atom is 0.262 e. The van der Waals surface area contributed by atoms with Gasteiger partial charge in [-0.25, -0.2) is 0 Å². The summed E-state index contributed by atoms with van der Waals surface area (Å²) in [5, 5.41) is 7.54. The number of ether oxygens (including phenoxy) is 2. The standard InChI is InChI=1S/C23H21Cl3N2O3/c1-14-3-5-18(6-4-14)28-23(29)13-31-22-11-20(26)15(7-21(22)30-2)12-27-19-9-16(24)8-17(25)10-19/h3-11,27H,12-13H2,1-2H3,(H,28,29). The Kier molecular flexibility index (Phi) is 7.91. The Labute approximate surface area is 196 Å². The number of anilines is 2. The van der Waals surface area contributed by atoms with Crippen LogP contribution in [0.15, 0.2) is 54.6 Å². The topological polar surface area (TPSA) is 59.6 Å². The molecule has 0 radical (unpaired) electrons. The van der Waals surface area contributed by atoms with Crippen LogP contribution in [0.1, 0.15) is 11.1 Å². The van der Waals surface area contributed by atoms with Crippen molar-refractivity contribution in [2.45, 2.75) is 13.5 Å². The molecule has 0 fully saturated rings. The molecule has 31 heavy (non-hydrogen) atoms. The molecule has 3 rings (SSSR count). The molecule has 8 heteroatoms. The quantitative estimate of drug-likeness (QED) is 0.382. The van der Waals surface area contributed by atoms with Gasteiger partial charge in [0, 0.05) is 39.1 Å². The molecule has 1 amide bonds. The first-order valence-electron chi connectivity index (χ1n) is 9.40. The van der Waals surface area contributed by atoms with E-state index in [-0.39, 0.29) is 12.5 Å². The Balaban J connectivity index is 1.64. The van der Waals surface area contributed by atoms with Gasteiger partial charge in [0.25, 0.3) is 5.91 Å². The van der Waals surface area contributed by atoms with Crippen molar-refractivity contribution in [3.8, 4) is 11.5 Å². The second-order valence-corrected chi connectivity index (χ2v) is 8.09. The molecule has 0 spiro atoms. The number of carbonyl (C=O) groups is 1. The number of hydrogen-bond donors (Lipinski definition) is 2. The average Bonchev–Trinajstić information content (AvgIpc) is 2.72. The van der Waals surface area contributed by atoms with Crippen molar-refractivity contribution in [1.29, 1.82) is 0 Å². The summed E-state index contributed by atoms with van der Waals surface area (Å²) >= 11 is 18.5. The first kappa shape index (κ1) is 23.1. The number of benzene rings is 3. The molecule has 0 bridgehead atoms. The van der Waals surface area contributed by atoms with Gasteiger partial charge < -0.3 is 20.1 Å². The molecule has 3 aromatic carbocycles. The molecule has 3 aromatic rings. The maximum absolute atomic E-state index is 12.2. The van der Waals surface area contributed by atoms with Gasteiger partial charge in [-0.05, 0) is 48.9 Å². The lowest BCUT2D eigenvalue weighted by molar-refractivity contribution is -0.118. The number of nitrogens with one attached hydrogen (secondary N) is 2. The predicted octanol–water partition coefficient (Wildman–Crippen LogP) is 6.59. The Hall–Kier alpha value is -2.60. The fourth-order valence-electron chi connectivity index (χ4n) is 2.82. The third kappa shape index (κ3) is 6.69. The van der Waals surface area contributed by atoms with Crippen molar-refractivity contribution in [1.82, 2.24) is 0 Å². The second-order valence-electron chi connectivity index (χ2n) is 6.81. The van der Waals surface area contributed by atoms with E-state index in [9.17, 15) is 4.79 Å². The molecule has 0 atom stereocenters. The Bertz CT molecular complexity index is 1050. The van der Waals surface area contributed by atoms with E-state index in [1.807, 2.05) is 31.2 Å². The van der Waals surface area contributed by atoms with E-state index in [4.69, 9.17) is 44.3 Å². The Morgan fingerprint density at radius 2 is 1.58 bits per heavy atom. The van der Waals surface area contributed by atoms with E-state index >= 15 is 0 Å². The minimum absolute atomic E-state index is 0.181. The van der Waals surface area contributed by atoms with Crippen LogP contribution in [0.25, 0.3) is 0 Å². The number of methoxy groups -OCH3 is 1. The summed E-state index contributed by atoms with van der Waals surface area (Å²) in [5.74, 6) is 0.556. The van der Waals surface area contributed by atoms with Gasteiger partial charge in [0.2, 0.25) is 0 Å². The van der Waals surface area contributed by atoms with Crippen LogP contribution < -0.4 is 20.1 Å². The summed E-state index contributed by atoms with van der Waals surface area (Å²) < 4.78 is 11.0. The first-order valence-corrected chi connectivity index (χ1v) is 10.5. The SMILES string of the molecule is COc1cc(CNc2cc(Cl)cc(Cl)c2)c(Cl)cc1OCC(=O)Nc1ccc(C)cc1. The molecular formula is C23H21Cl3N2O3. The third-order valence-corrected chi connectivity index (χ3v) is 5.16. The van der Waals surface area contributed by atoms with Gasteiger partial charge in [-0.1, -0.05) is 52.5 Å². The third-order valence-electron chi connectivity index (χ3n) is 4.37. The molecule has 0 saturated heterocycles. The van der Waals surface area contributed by atoms with Crippen LogP contribution in [0.2, 0.25) is 15.1 Å². The molecule has 0 aliphatic rings. The monoisotopic (exact) mass is 478 g/mol. The van der Waals surface area contributed by atoms with E-state index in [1.165, 1.54) is 7.11 Å². The lowest BCUT2D eigenvalue weighted by Crippen LogP contribution is -2.20. The van der Waals surface area contributed by atoms with Crippen LogP contribution in [0.3, 0.4) is 0 Å². The van der Waals surface area contributed by atoms with Crippen LogP contribution in [0, 0.1) is 6.92 Å². The van der Waals surface area contributed by atoms with Crippen molar-refractivity contribution < 1.29 is 14.3 Å². The van der Waals surface area contributed by atoms with Gasteiger partial charge in [0.05, 0.1) is 7.11 Å². The number of aryl methyl sites for hydroxylation is 1. The van der Waals surface area contributed by atoms with Gasteiger partial charge >= 0.3 is 0 Å². The number of carbonyl (C=O) groups excluding carboxylic acids is 1. The normalized spacial score (nSPS) is 10.5. The summed E-state index contributed by atoms with van der Waals surface area (Å²) in [6.07, 6.45) is 0. The van der Waals surface area contributed by atoms with Gasteiger partial charge in [-0.15, -0.1) is 0 Å². The van der Waals surface area contributed by atoms with E-state index in [2.05, 4.69) is 10.6 Å². The molecule has 162 valence electrons. The molecule has 0 aromatic heterocycles. The molecule has 0 aliphatic carbocycles. The summed E-state index contributed by atoms with van der Waals surface area (Å²) in [5.41, 5.74) is 3.36. The fraction of sp³-hybridized carbons (Fsp3) is 0.174. The molecule has 0 heterocycles. The maximum atomic E-state index is 12.2. The van der Waals surface area contributed by atoms with Gasteiger partial charge in [0.15, 0.2) is 18.1 Å². The average molecular weight is 480 g/mol. The molecule has 2 N–H and O–H groups in total. The Morgan fingerprint density at radius 1 is 0.903 bits per heavy atom. The molecule has 0 saturated carbocycles. The van der Waals surface area contributed by atoms with E-state index in [0.29, 0.717) is 38.8 Å². The van der Waals surface area contributed by atoms with E-state index < -0.39 is 0 Å². The van der Waals surface area contributed by atoms with Crippen LogP contribution in [-0.2, 0) is 11.3 Å². The lowest BCUT2D eigenvalue weighted by Gasteiger charge is -2.15. The highest BCUT2D eigenvalue weighted by atomic mass is 35.5. The number of halogens is 3. The van der Waals surface area contributed by atoms with Crippen molar-refractivity contribution in [3.05, 3.63) is 80.8 Å². The van der Waals surface area contributed by atoms with Gasteiger partial charge in [-0.2, -0.15) is 0 Å². The van der Waals surface area contributed by atoms with Crippen LogP contribution >= 0.6 is 34.8 Å². The van der Waals surface area contributed by atoms with E-state index in [0.717, 1.165) is 16.8 Å². The highest BCUT2D eigenvalue weighted by molar-refractivity contribution is 6.35. The fourth-order valence-corrected chi connectivity index (χ4v) is 3.56. The highest BCUT2D eigenvalue weighted by Gasteiger charge is 2.13. The number of hydrogen-bond acceptors (Lipinski definition) is 4. The molecule has 0 unspecified atom stereocenters. The zero-order valence-corrected chi connectivity index (χ0v) is 19.2. The van der Waals surface area contributed by atoms with Crippen LogP contribution in [-0.4, -0.2) is 19.6 Å². The summed E-state index contributed by atoms with van der Waals surface area (Å²) in [7, 11) is 1.52. The Morgan fingerprint density at radius 3 is 2.23 bits per heavy atom.